The third-order valence-electron chi connectivity index (χ3n) is 4.38. The normalized spacial score (nSPS) is 10.6. The van der Waals surface area contributed by atoms with Gasteiger partial charge >= 0.3 is 0 Å². The smallest absolute Gasteiger partial charge is 0.230 e. The average Bonchev–Trinajstić information content (AvgIpc) is 3.29. The number of aromatic nitrogens is 3. The molecule has 2 heterocycles. The Morgan fingerprint density at radius 1 is 1.00 bits per heavy atom. The Hall–Kier alpha value is -3.45. The molecule has 0 bridgehead atoms. The summed E-state index contributed by atoms with van der Waals surface area (Å²) >= 11 is 1.55. The van der Waals surface area contributed by atoms with E-state index in [1.165, 1.54) is 0 Å². The molecule has 29 heavy (non-hydrogen) atoms. The summed E-state index contributed by atoms with van der Waals surface area (Å²) in [6, 6.07) is 15.3. The minimum absolute atomic E-state index is 0.552. The van der Waals surface area contributed by atoms with Gasteiger partial charge in [0.15, 0.2) is 0 Å². The maximum Gasteiger partial charge on any atom is 0.230 e. The van der Waals surface area contributed by atoms with Crippen LogP contribution in [0.25, 0.3) is 10.7 Å². The second-order valence-electron chi connectivity index (χ2n) is 6.35. The number of hydrogen-bond acceptors (Lipinski definition) is 7. The third kappa shape index (κ3) is 4.05. The van der Waals surface area contributed by atoms with Gasteiger partial charge in [0.25, 0.3) is 0 Å². The lowest BCUT2D eigenvalue weighted by atomic mass is 10.2. The van der Waals surface area contributed by atoms with E-state index in [-0.39, 0.29) is 0 Å². The molecule has 7 heteroatoms. The summed E-state index contributed by atoms with van der Waals surface area (Å²) in [6.07, 6.45) is 3.59. The van der Waals surface area contributed by atoms with Crippen LogP contribution >= 0.6 is 11.3 Å². The summed E-state index contributed by atoms with van der Waals surface area (Å²) in [5.74, 6) is 2.72. The fraction of sp³-hybridized carbons (Fsp3) is 0.136. The van der Waals surface area contributed by atoms with Gasteiger partial charge < -0.3 is 14.4 Å². The molecule has 0 aliphatic rings. The van der Waals surface area contributed by atoms with E-state index in [0.29, 0.717) is 17.4 Å². The van der Waals surface area contributed by atoms with Gasteiger partial charge in [0.1, 0.15) is 28.0 Å². The van der Waals surface area contributed by atoms with Gasteiger partial charge in [0, 0.05) is 30.9 Å². The van der Waals surface area contributed by atoms with Gasteiger partial charge in [-0.1, -0.05) is 18.2 Å². The van der Waals surface area contributed by atoms with Gasteiger partial charge in [-0.3, -0.25) is 0 Å². The van der Waals surface area contributed by atoms with Crippen LogP contribution in [0, 0.1) is 6.92 Å². The number of hydrogen-bond donors (Lipinski definition) is 0. The Bertz CT molecular complexity index is 1100. The third-order valence-corrected chi connectivity index (χ3v) is 5.16. The fourth-order valence-corrected chi connectivity index (χ4v) is 3.57. The van der Waals surface area contributed by atoms with E-state index >= 15 is 0 Å². The summed E-state index contributed by atoms with van der Waals surface area (Å²) in [6.45, 7) is 1.98. The number of thiazole rings is 1. The van der Waals surface area contributed by atoms with Crippen molar-refractivity contribution in [2.24, 2.45) is 0 Å². The van der Waals surface area contributed by atoms with E-state index in [0.717, 1.165) is 27.7 Å². The summed E-state index contributed by atoms with van der Waals surface area (Å²) in [7, 11) is 3.54. The van der Waals surface area contributed by atoms with Crippen molar-refractivity contribution in [3.63, 3.8) is 0 Å². The highest BCUT2D eigenvalue weighted by atomic mass is 32.1. The predicted octanol–water partition coefficient (Wildman–Crippen LogP) is 5.48. The largest absolute Gasteiger partial charge is 0.495 e. The Kier molecular flexibility index (Phi) is 5.39. The lowest BCUT2D eigenvalue weighted by Crippen LogP contribution is -2.15. The van der Waals surface area contributed by atoms with E-state index in [2.05, 4.69) is 9.97 Å². The SMILES string of the molecule is COc1ccc(Oc2ccccc2)cc1N(C)c1ncc(C)c(-c2nccs2)n1. The number of rotatable bonds is 6. The van der Waals surface area contributed by atoms with Crippen LogP contribution in [-0.4, -0.2) is 29.1 Å². The molecule has 0 spiro atoms. The van der Waals surface area contributed by atoms with Gasteiger partial charge in [-0.15, -0.1) is 11.3 Å². The molecule has 0 saturated heterocycles. The number of anilines is 2. The summed E-state index contributed by atoms with van der Waals surface area (Å²) in [4.78, 5) is 15.5. The number of aryl methyl sites for hydroxylation is 1. The summed E-state index contributed by atoms with van der Waals surface area (Å²) in [5, 5.41) is 2.81. The molecule has 0 radical (unpaired) electrons. The van der Waals surface area contributed by atoms with Gasteiger partial charge in [-0.25, -0.2) is 15.0 Å². The van der Waals surface area contributed by atoms with Crippen molar-refractivity contribution in [3.05, 3.63) is 71.9 Å². The van der Waals surface area contributed by atoms with Crippen LogP contribution in [0.2, 0.25) is 0 Å². The van der Waals surface area contributed by atoms with E-state index in [9.17, 15) is 0 Å². The van der Waals surface area contributed by atoms with Crippen LogP contribution in [0.4, 0.5) is 11.6 Å². The van der Waals surface area contributed by atoms with Gasteiger partial charge in [0.2, 0.25) is 5.95 Å². The van der Waals surface area contributed by atoms with Crippen molar-refractivity contribution in [1.82, 2.24) is 15.0 Å². The maximum absolute atomic E-state index is 5.97. The zero-order chi connectivity index (χ0) is 20.2. The first-order valence-electron chi connectivity index (χ1n) is 9.04. The minimum atomic E-state index is 0.552. The highest BCUT2D eigenvalue weighted by molar-refractivity contribution is 7.13. The molecule has 0 aliphatic heterocycles. The highest BCUT2D eigenvalue weighted by Crippen LogP contribution is 2.36. The van der Waals surface area contributed by atoms with Crippen molar-refractivity contribution in [2.45, 2.75) is 6.92 Å². The highest BCUT2D eigenvalue weighted by Gasteiger charge is 2.17. The molecule has 4 aromatic rings. The van der Waals surface area contributed by atoms with E-state index in [4.69, 9.17) is 14.5 Å². The summed E-state index contributed by atoms with van der Waals surface area (Å²) < 4.78 is 11.5. The molecule has 4 rings (SSSR count). The first kappa shape index (κ1) is 18.9. The van der Waals surface area contributed by atoms with Crippen LogP contribution in [0.15, 0.2) is 66.3 Å². The topological polar surface area (TPSA) is 60.4 Å². The molecule has 2 aromatic heterocycles. The van der Waals surface area contributed by atoms with E-state index in [1.807, 2.05) is 79.0 Å². The molecular weight excluding hydrogens is 384 g/mol. The molecule has 2 aromatic carbocycles. The molecule has 0 fully saturated rings. The first-order valence-corrected chi connectivity index (χ1v) is 9.92. The molecule has 6 nitrogen and oxygen atoms in total. The van der Waals surface area contributed by atoms with Gasteiger partial charge in [-0.2, -0.15) is 0 Å². The van der Waals surface area contributed by atoms with Crippen molar-refractivity contribution in [3.8, 4) is 28.0 Å². The zero-order valence-electron chi connectivity index (χ0n) is 16.4. The molecule has 0 atom stereocenters. The Morgan fingerprint density at radius 2 is 1.83 bits per heavy atom. The Balaban J connectivity index is 1.70. The van der Waals surface area contributed by atoms with E-state index in [1.54, 1.807) is 24.6 Å². The zero-order valence-corrected chi connectivity index (χ0v) is 17.2. The van der Waals surface area contributed by atoms with Crippen molar-refractivity contribution in [1.29, 1.82) is 0 Å². The molecule has 0 unspecified atom stereocenters. The summed E-state index contributed by atoms with van der Waals surface area (Å²) in [5.41, 5.74) is 2.60. The molecule has 0 amide bonds. The monoisotopic (exact) mass is 404 g/mol. The van der Waals surface area contributed by atoms with Crippen LogP contribution in [0.3, 0.4) is 0 Å². The van der Waals surface area contributed by atoms with Gasteiger partial charge in [-0.05, 0) is 36.8 Å². The van der Waals surface area contributed by atoms with E-state index < -0.39 is 0 Å². The van der Waals surface area contributed by atoms with Crippen molar-refractivity contribution < 1.29 is 9.47 Å². The molecular formula is C22H20N4O2S. The molecule has 0 N–H and O–H groups in total. The number of benzene rings is 2. The molecule has 0 aliphatic carbocycles. The number of ether oxygens (including phenoxy) is 2. The Labute approximate surface area is 173 Å². The second kappa shape index (κ2) is 8.28. The number of para-hydroxylation sites is 1. The predicted molar refractivity (Wildman–Crippen MR) is 115 cm³/mol. The van der Waals surface area contributed by atoms with Crippen LogP contribution in [0.1, 0.15) is 5.56 Å². The lowest BCUT2D eigenvalue weighted by Gasteiger charge is -2.21. The van der Waals surface area contributed by atoms with Crippen molar-refractivity contribution >= 4 is 23.0 Å². The first-order chi connectivity index (χ1) is 14.2. The second-order valence-corrected chi connectivity index (χ2v) is 7.24. The fourth-order valence-electron chi connectivity index (χ4n) is 2.88. The average molecular weight is 404 g/mol. The molecule has 0 saturated carbocycles. The van der Waals surface area contributed by atoms with Crippen LogP contribution in [-0.2, 0) is 0 Å². The quantitative estimate of drug-likeness (QED) is 0.424. The van der Waals surface area contributed by atoms with Crippen LogP contribution < -0.4 is 14.4 Å². The minimum Gasteiger partial charge on any atom is -0.495 e. The lowest BCUT2D eigenvalue weighted by molar-refractivity contribution is 0.413. The van der Waals surface area contributed by atoms with Crippen LogP contribution in [0.5, 0.6) is 17.2 Å². The number of methoxy groups -OCH3 is 1. The number of nitrogens with zero attached hydrogens (tertiary/aromatic N) is 4. The van der Waals surface area contributed by atoms with Gasteiger partial charge in [0.05, 0.1) is 12.8 Å². The van der Waals surface area contributed by atoms with Crippen molar-refractivity contribution in [2.75, 3.05) is 19.1 Å². The Morgan fingerprint density at radius 3 is 2.55 bits per heavy atom. The maximum atomic E-state index is 5.97. The standard InChI is InChI=1S/C22H20N4O2S/c1-15-14-24-22(25-20(15)21-23-11-12-29-21)26(2)18-13-17(9-10-19(18)27-3)28-16-7-5-4-6-8-16/h4-14H,1-3H3. The molecule has 146 valence electrons.